The number of hydrogen-bond acceptors (Lipinski definition) is 2. The summed E-state index contributed by atoms with van der Waals surface area (Å²) < 4.78 is 0. The molecule has 6 heavy (non-hydrogen) atoms. The van der Waals surface area contributed by atoms with Crippen molar-refractivity contribution in [3.05, 3.63) is 17.1 Å². The van der Waals surface area contributed by atoms with E-state index in [4.69, 9.17) is 0 Å². The van der Waals surface area contributed by atoms with E-state index in [1.54, 1.807) is 23.0 Å². The molecule has 0 bridgehead atoms. The Morgan fingerprint density at radius 3 is 2.50 bits per heavy atom. The van der Waals surface area contributed by atoms with Gasteiger partial charge in [0.25, 0.3) is 0 Å². The maximum atomic E-state index is 3.74. The first-order valence-electron chi connectivity index (χ1n) is 1.32. The highest BCUT2D eigenvalue weighted by atomic mass is 32.1. The zero-order valence-electron chi connectivity index (χ0n) is 2.59. The molecule has 0 amide bonds. The van der Waals surface area contributed by atoms with E-state index in [0.717, 1.165) is 0 Å². The average Bonchev–Trinajstić information content (AvgIpc) is 1.76. The molecule has 0 aromatic carbocycles. The fourth-order valence-corrected chi connectivity index (χ4v) is 0.527. The van der Waals surface area contributed by atoms with Crippen molar-refractivity contribution in [2.75, 3.05) is 0 Å². The van der Waals surface area contributed by atoms with Gasteiger partial charge in [-0.1, -0.05) is 0 Å². The third kappa shape index (κ3) is 1.22. The van der Waals surface area contributed by atoms with Gasteiger partial charge in [-0.25, -0.2) is 0 Å². The molecule has 1 aromatic heterocycles. The first-order chi connectivity index (χ1) is 2.50. The van der Waals surface area contributed by atoms with Crippen LogP contribution in [0.15, 0.2) is 17.1 Å². The van der Waals surface area contributed by atoms with Crippen molar-refractivity contribution in [3.63, 3.8) is 0 Å². The van der Waals surface area contributed by atoms with E-state index in [0.29, 0.717) is 0 Å². The lowest BCUT2D eigenvalue weighted by Crippen LogP contribution is -1.38. The predicted molar refractivity (Wildman–Crippen MR) is 32.1 cm³/mol. The molecule has 0 spiro atoms. The zero-order valence-corrected chi connectivity index (χ0v) is 3.40. The molecule has 0 saturated carbocycles. The van der Waals surface area contributed by atoms with E-state index < -0.39 is 0 Å². The summed E-state index contributed by atoms with van der Waals surface area (Å²) in [5, 5.41) is 1.93. The minimum absolute atomic E-state index is 0. The highest BCUT2D eigenvalue weighted by Gasteiger charge is 1.59. The maximum absolute atomic E-state index is 3.74. The summed E-state index contributed by atoms with van der Waals surface area (Å²) in [6.45, 7) is 0. The van der Waals surface area contributed by atoms with E-state index in [-0.39, 0.29) is 8.41 Å². The van der Waals surface area contributed by atoms with Gasteiger partial charge in [-0.3, -0.25) is 4.98 Å². The number of rotatable bonds is 0. The Balaban J connectivity index is 0.000000250. The lowest BCUT2D eigenvalue weighted by Gasteiger charge is -1.41. The molecule has 0 radical (unpaired) electrons. The zero-order chi connectivity index (χ0) is 3.54. The molecule has 1 heterocycles. The van der Waals surface area contributed by atoms with Crippen LogP contribution in [0.3, 0.4) is 0 Å². The quantitative estimate of drug-likeness (QED) is 0.416. The van der Waals surface area contributed by atoms with Crippen molar-refractivity contribution < 1.29 is 0 Å². The van der Waals surface area contributed by atoms with Gasteiger partial charge < -0.3 is 0 Å². The summed E-state index contributed by atoms with van der Waals surface area (Å²) in [5.74, 6) is 0. The van der Waals surface area contributed by atoms with Crippen LogP contribution in [0.2, 0.25) is 0 Å². The second-order valence-corrected chi connectivity index (χ2v) is 1.43. The van der Waals surface area contributed by atoms with Crippen LogP contribution in [0.25, 0.3) is 0 Å². The van der Waals surface area contributed by atoms with Crippen molar-refractivity contribution in [3.8, 4) is 0 Å². The third-order valence-electron chi connectivity index (χ3n) is 0.347. The van der Waals surface area contributed by atoms with E-state index in [2.05, 4.69) is 4.98 Å². The molecule has 32 valence electrons. The molecule has 0 atom stereocenters. The van der Waals surface area contributed by atoms with Crippen LogP contribution in [0.5, 0.6) is 0 Å². The van der Waals surface area contributed by atoms with E-state index in [1.807, 2.05) is 5.38 Å². The fourth-order valence-electron chi connectivity index (χ4n) is 0.176. The molecular formula is C3H6BNS. The second-order valence-electron chi connectivity index (χ2n) is 0.676. The van der Waals surface area contributed by atoms with Gasteiger partial charge in [-0.2, -0.15) is 0 Å². The van der Waals surface area contributed by atoms with Crippen LogP contribution in [-0.4, -0.2) is 13.4 Å². The Morgan fingerprint density at radius 2 is 2.33 bits per heavy atom. The van der Waals surface area contributed by atoms with Crippen molar-refractivity contribution in [1.82, 2.24) is 4.98 Å². The van der Waals surface area contributed by atoms with Crippen LogP contribution in [-0.2, 0) is 0 Å². The summed E-state index contributed by atoms with van der Waals surface area (Å²) in [5.41, 5.74) is 1.79. The van der Waals surface area contributed by atoms with Gasteiger partial charge in [0, 0.05) is 11.6 Å². The van der Waals surface area contributed by atoms with Gasteiger partial charge in [0.15, 0.2) is 0 Å². The first-order valence-corrected chi connectivity index (χ1v) is 2.26. The molecule has 0 unspecified atom stereocenters. The van der Waals surface area contributed by atoms with Gasteiger partial charge in [0.05, 0.1) is 13.9 Å². The van der Waals surface area contributed by atoms with Crippen molar-refractivity contribution >= 4 is 19.7 Å². The topological polar surface area (TPSA) is 12.9 Å². The Kier molecular flexibility index (Phi) is 2.76. The van der Waals surface area contributed by atoms with E-state index >= 15 is 0 Å². The first kappa shape index (κ1) is 5.69. The highest BCUT2D eigenvalue weighted by Crippen LogP contribution is 1.85. The molecule has 0 aliphatic heterocycles. The molecular weight excluding hydrogens is 92.9 g/mol. The molecule has 0 fully saturated rings. The second kappa shape index (κ2) is 2.91. The normalized spacial score (nSPS) is 6.67. The largest absolute Gasteiger partial charge is 0.253 e. The van der Waals surface area contributed by atoms with Crippen LogP contribution in [0.4, 0.5) is 0 Å². The molecule has 1 aromatic rings. The Morgan fingerprint density at radius 1 is 1.50 bits per heavy atom. The molecule has 3 heteroatoms. The third-order valence-corrected chi connectivity index (χ3v) is 0.869. The highest BCUT2D eigenvalue weighted by molar-refractivity contribution is 7.07. The molecule has 0 saturated heterocycles. The maximum Gasteiger partial charge on any atom is 0.0814 e. The van der Waals surface area contributed by atoms with Gasteiger partial charge in [-0.15, -0.1) is 11.3 Å². The summed E-state index contributed by atoms with van der Waals surface area (Å²) in [6, 6.07) is 0. The standard InChI is InChI=1S/C3H3NS.BH3/c1-2-5-3-4-1;/h1-3H;1H3. The predicted octanol–water partition coefficient (Wildman–Crippen LogP) is -0.0408. The molecule has 0 aliphatic rings. The smallest absolute Gasteiger partial charge is 0.0814 e. The average molecular weight is 99.0 g/mol. The van der Waals surface area contributed by atoms with E-state index in [1.165, 1.54) is 0 Å². The monoisotopic (exact) mass is 99.0 g/mol. The molecule has 1 nitrogen and oxygen atoms in total. The fraction of sp³-hybridized carbons (Fsp3) is 0. The van der Waals surface area contributed by atoms with Crippen LogP contribution >= 0.6 is 11.3 Å². The van der Waals surface area contributed by atoms with Gasteiger partial charge in [0.1, 0.15) is 0 Å². The van der Waals surface area contributed by atoms with Gasteiger partial charge in [0.2, 0.25) is 0 Å². The lowest BCUT2D eigenvalue weighted by atomic mass is 10.8. The number of nitrogens with zero attached hydrogens (tertiary/aromatic N) is 1. The summed E-state index contributed by atoms with van der Waals surface area (Å²) in [6.07, 6.45) is 1.77. The van der Waals surface area contributed by atoms with Crippen molar-refractivity contribution in [2.24, 2.45) is 0 Å². The van der Waals surface area contributed by atoms with Crippen LogP contribution < -0.4 is 0 Å². The molecule has 1 rings (SSSR count). The Bertz CT molecular complexity index is 67.3. The lowest BCUT2D eigenvalue weighted by molar-refractivity contribution is 1.43. The minimum Gasteiger partial charge on any atom is -0.253 e. The van der Waals surface area contributed by atoms with Crippen LogP contribution in [0.1, 0.15) is 0 Å². The van der Waals surface area contributed by atoms with Crippen molar-refractivity contribution in [2.45, 2.75) is 0 Å². The molecule has 0 N–H and O–H groups in total. The van der Waals surface area contributed by atoms with E-state index in [9.17, 15) is 0 Å². The summed E-state index contributed by atoms with van der Waals surface area (Å²) in [4.78, 5) is 3.74. The Hall–Kier alpha value is -0.305. The number of hydrogen-bond donors (Lipinski definition) is 0. The summed E-state index contributed by atoms with van der Waals surface area (Å²) in [7, 11) is 0. The SMILES string of the molecule is B.c1cscn1. The van der Waals surface area contributed by atoms with Gasteiger partial charge >= 0.3 is 0 Å². The van der Waals surface area contributed by atoms with Gasteiger partial charge in [-0.05, 0) is 0 Å². The number of thiazole rings is 1. The summed E-state index contributed by atoms with van der Waals surface area (Å²) >= 11 is 1.60. The Labute approximate surface area is 42.6 Å². The van der Waals surface area contributed by atoms with Crippen molar-refractivity contribution in [1.29, 1.82) is 0 Å². The number of aromatic nitrogens is 1. The van der Waals surface area contributed by atoms with Crippen LogP contribution in [0, 0.1) is 0 Å². The molecule has 0 aliphatic carbocycles. The minimum atomic E-state index is 0.